The Morgan fingerprint density at radius 1 is 0.727 bits per heavy atom. The minimum absolute atomic E-state index is 0.302. The van der Waals surface area contributed by atoms with Crippen LogP contribution in [-0.4, -0.2) is 29.4 Å². The summed E-state index contributed by atoms with van der Waals surface area (Å²) in [5.74, 6) is 0. The SMILES string of the molecule is C[Si](C)(C)[Si](/C(F)=C/c1ccccc1)([Si](C)(C)C)[Si](C)(C)C. The summed E-state index contributed by atoms with van der Waals surface area (Å²) in [4.78, 5) is 0. The van der Waals surface area contributed by atoms with Gasteiger partial charge in [0.25, 0.3) is 0 Å². The van der Waals surface area contributed by atoms with Gasteiger partial charge in [0, 0.05) is 22.8 Å². The zero-order chi connectivity index (χ0) is 17.4. The van der Waals surface area contributed by atoms with Crippen LogP contribution in [0.4, 0.5) is 4.39 Å². The summed E-state index contributed by atoms with van der Waals surface area (Å²) >= 11 is 0. The molecule has 0 amide bonds. The van der Waals surface area contributed by atoms with Crippen molar-refractivity contribution >= 4 is 35.5 Å². The summed E-state index contributed by atoms with van der Waals surface area (Å²) in [5.41, 5.74) is 1.32. The van der Waals surface area contributed by atoms with E-state index in [-0.39, 0.29) is 0 Å². The fourth-order valence-electron chi connectivity index (χ4n) is 5.25. The highest BCUT2D eigenvalue weighted by Crippen LogP contribution is 2.43. The van der Waals surface area contributed by atoms with Gasteiger partial charge in [-0.15, -0.1) is 0 Å². The molecule has 0 spiro atoms. The molecule has 0 N–H and O–H groups in total. The average Bonchev–Trinajstić information content (AvgIpc) is 2.24. The van der Waals surface area contributed by atoms with Crippen LogP contribution in [0.1, 0.15) is 5.56 Å². The Morgan fingerprint density at radius 3 is 1.41 bits per heavy atom. The zero-order valence-corrected chi connectivity index (χ0v) is 19.8. The Balaban J connectivity index is 3.68. The van der Waals surface area contributed by atoms with Gasteiger partial charge in [0.05, 0.1) is 5.45 Å². The molecule has 0 aromatic heterocycles. The highest BCUT2D eigenvalue weighted by atomic mass is 29.9. The number of benzene rings is 1. The molecule has 124 valence electrons. The molecule has 0 saturated carbocycles. The minimum Gasteiger partial charge on any atom is -0.218 e. The lowest BCUT2D eigenvalue weighted by molar-refractivity contribution is 0.696. The summed E-state index contributed by atoms with van der Waals surface area (Å²) in [5, 5.41) is 0. The van der Waals surface area contributed by atoms with Gasteiger partial charge in [-0.3, -0.25) is 0 Å². The number of halogens is 1. The van der Waals surface area contributed by atoms with Gasteiger partial charge in [-0.05, 0) is 11.6 Å². The molecule has 0 atom stereocenters. The van der Waals surface area contributed by atoms with E-state index in [4.69, 9.17) is 0 Å². The first kappa shape index (κ1) is 19.8. The highest BCUT2D eigenvalue weighted by molar-refractivity contribution is 7.91. The lowest BCUT2D eigenvalue weighted by Crippen LogP contribution is -2.83. The third kappa shape index (κ3) is 3.47. The zero-order valence-electron chi connectivity index (χ0n) is 15.8. The van der Waals surface area contributed by atoms with Crippen LogP contribution in [0.5, 0.6) is 0 Å². The summed E-state index contributed by atoms with van der Waals surface area (Å²) in [6.45, 7) is 19.7. The third-order valence-corrected chi connectivity index (χ3v) is 75.3. The molecule has 0 aliphatic rings. The molecular formula is C17H33FSi4. The average molecular weight is 369 g/mol. The summed E-state index contributed by atoms with van der Waals surface area (Å²) < 4.78 is 15.9. The fraction of sp³-hybridized carbons (Fsp3) is 0.529. The maximum Gasteiger partial charge on any atom is 0.103 e. The summed E-state index contributed by atoms with van der Waals surface area (Å²) in [7, 11) is -4.82. The van der Waals surface area contributed by atoms with E-state index in [0.717, 1.165) is 5.56 Å². The van der Waals surface area contributed by atoms with Gasteiger partial charge in [0.1, 0.15) is 6.63 Å². The molecule has 1 aromatic rings. The Kier molecular flexibility index (Phi) is 5.70. The Labute approximate surface area is 140 Å². The number of hydrogen-bond donors (Lipinski definition) is 0. The number of hydrogen-bond acceptors (Lipinski definition) is 0. The van der Waals surface area contributed by atoms with Gasteiger partial charge < -0.3 is 0 Å². The van der Waals surface area contributed by atoms with Crippen LogP contribution < -0.4 is 0 Å². The van der Waals surface area contributed by atoms with E-state index >= 15 is 4.39 Å². The van der Waals surface area contributed by atoms with Crippen molar-refractivity contribution in [2.45, 2.75) is 58.9 Å². The van der Waals surface area contributed by atoms with Crippen molar-refractivity contribution in [2.24, 2.45) is 0 Å². The van der Waals surface area contributed by atoms with Crippen molar-refractivity contribution < 1.29 is 4.39 Å². The molecule has 0 saturated heterocycles. The quantitative estimate of drug-likeness (QED) is 0.540. The van der Waals surface area contributed by atoms with Gasteiger partial charge in [-0.25, -0.2) is 4.39 Å². The molecule has 0 unspecified atom stereocenters. The monoisotopic (exact) mass is 368 g/mol. The molecule has 0 radical (unpaired) electrons. The van der Waals surface area contributed by atoms with Crippen molar-refractivity contribution in [1.82, 2.24) is 0 Å². The van der Waals surface area contributed by atoms with Crippen LogP contribution in [0.15, 0.2) is 35.8 Å². The van der Waals surface area contributed by atoms with Crippen LogP contribution in [0.25, 0.3) is 6.08 Å². The number of rotatable bonds is 5. The van der Waals surface area contributed by atoms with Crippen LogP contribution in [0.3, 0.4) is 0 Å². The van der Waals surface area contributed by atoms with E-state index in [0.29, 0.717) is 5.45 Å². The van der Waals surface area contributed by atoms with Crippen LogP contribution >= 0.6 is 0 Å². The van der Waals surface area contributed by atoms with E-state index in [9.17, 15) is 0 Å². The predicted octanol–water partition coefficient (Wildman–Crippen LogP) is 6.23. The van der Waals surface area contributed by atoms with Crippen molar-refractivity contribution in [3.8, 4) is 0 Å². The van der Waals surface area contributed by atoms with E-state index < -0.39 is 29.4 Å². The van der Waals surface area contributed by atoms with Crippen molar-refractivity contribution in [1.29, 1.82) is 0 Å². The first-order chi connectivity index (χ1) is 9.75. The largest absolute Gasteiger partial charge is 0.218 e. The lowest BCUT2D eigenvalue weighted by Gasteiger charge is -2.56. The van der Waals surface area contributed by atoms with Crippen molar-refractivity contribution in [2.75, 3.05) is 0 Å². The molecular weight excluding hydrogens is 336 g/mol. The first-order valence-electron chi connectivity index (χ1n) is 8.18. The fourth-order valence-corrected chi connectivity index (χ4v) is 103. The maximum absolute atomic E-state index is 15.9. The van der Waals surface area contributed by atoms with E-state index in [1.807, 2.05) is 36.4 Å². The smallest absolute Gasteiger partial charge is 0.103 e. The summed E-state index contributed by atoms with van der Waals surface area (Å²) in [6, 6.07) is 10.0. The van der Waals surface area contributed by atoms with E-state index in [1.54, 1.807) is 0 Å². The van der Waals surface area contributed by atoms with Crippen LogP contribution in [0, 0.1) is 0 Å². The predicted molar refractivity (Wildman–Crippen MR) is 111 cm³/mol. The first-order valence-corrected chi connectivity index (χ1v) is 23.7. The van der Waals surface area contributed by atoms with Gasteiger partial charge >= 0.3 is 0 Å². The Bertz CT molecular complexity index is 494. The molecule has 0 heterocycles. The minimum atomic E-state index is -2.08. The molecule has 0 aliphatic carbocycles. The van der Waals surface area contributed by atoms with Crippen molar-refractivity contribution in [3.05, 3.63) is 41.3 Å². The molecule has 0 nitrogen and oxygen atoms in total. The van der Waals surface area contributed by atoms with E-state index in [1.165, 1.54) is 0 Å². The molecule has 0 fully saturated rings. The van der Waals surface area contributed by atoms with E-state index in [2.05, 4.69) is 58.9 Å². The van der Waals surface area contributed by atoms with Gasteiger partial charge in [0.2, 0.25) is 0 Å². The summed E-state index contributed by atoms with van der Waals surface area (Å²) in [6.07, 6.45) is 1.89. The molecule has 0 aliphatic heterocycles. The third-order valence-electron chi connectivity index (χ3n) is 4.83. The maximum atomic E-state index is 15.9. The van der Waals surface area contributed by atoms with Crippen LogP contribution in [-0.2, 0) is 0 Å². The Morgan fingerprint density at radius 2 is 1.09 bits per heavy atom. The molecule has 0 bridgehead atoms. The second kappa shape index (κ2) is 6.34. The normalized spacial score (nSPS) is 15.1. The van der Waals surface area contributed by atoms with Gasteiger partial charge in [-0.2, -0.15) is 0 Å². The topological polar surface area (TPSA) is 0 Å². The molecule has 5 heteroatoms. The highest BCUT2D eigenvalue weighted by Gasteiger charge is 2.64. The second-order valence-corrected chi connectivity index (χ2v) is 49.6. The van der Waals surface area contributed by atoms with Crippen molar-refractivity contribution in [3.63, 3.8) is 0 Å². The molecule has 1 aromatic carbocycles. The Hall–Kier alpha value is -0.242. The van der Waals surface area contributed by atoms with Gasteiger partial charge in [0.15, 0.2) is 0 Å². The van der Waals surface area contributed by atoms with Gasteiger partial charge in [-0.1, -0.05) is 89.3 Å². The van der Waals surface area contributed by atoms with Crippen LogP contribution in [0.2, 0.25) is 58.9 Å². The lowest BCUT2D eigenvalue weighted by atomic mass is 10.2. The second-order valence-electron chi connectivity index (χ2n) is 9.40. The molecule has 1 rings (SSSR count). The molecule has 22 heavy (non-hydrogen) atoms. The standard InChI is InChI=1S/C17H33FSi4/c1-19(2,3)22(20(4,5)6,21(7,8)9)17(18)15-16-13-11-10-12-14-16/h10-15H,1-9H3/b17-15+.